The van der Waals surface area contributed by atoms with Gasteiger partial charge in [-0.15, -0.1) is 11.3 Å². The summed E-state index contributed by atoms with van der Waals surface area (Å²) in [6.07, 6.45) is 0. The summed E-state index contributed by atoms with van der Waals surface area (Å²) in [5.41, 5.74) is 17.2. The lowest BCUT2D eigenvalue weighted by Crippen LogP contribution is -2.37. The normalized spacial score (nSPS) is 12.5. The predicted molar refractivity (Wildman–Crippen MR) is 276 cm³/mol. The molecule has 0 saturated heterocycles. The highest BCUT2D eigenvalue weighted by Gasteiger charge is 2.31. The molecule has 15 rings (SSSR count). The molecule has 4 aromatic heterocycles. The van der Waals surface area contributed by atoms with Crippen LogP contribution in [0.25, 0.3) is 125 Å². The standard InChI is InChI=1S/C59H34BN2O2S/c1-32-18-21-36(22-19-32)61-46-24-25-54-57(40-14-6-9-17-53(40)65-54)56(46)44-29-41(35-20-23-39-37-12-4-7-15-49(37)63-51(39)28-35)55-43-26-33-10-2-3-11-34(33)27-47(43)62-48-30-42-38-13-5-8-16-50(38)64-52(42)31-45(48)60-58(44)59(55)62/h2-31,61H,1H3. The summed E-state index contributed by atoms with van der Waals surface area (Å²) in [5, 5.41) is 15.7. The summed E-state index contributed by atoms with van der Waals surface area (Å²) in [7, 11) is 2.42. The monoisotopic (exact) mass is 845 g/mol. The van der Waals surface area contributed by atoms with Crippen molar-refractivity contribution in [1.29, 1.82) is 0 Å². The highest BCUT2D eigenvalue weighted by atomic mass is 32.1. The summed E-state index contributed by atoms with van der Waals surface area (Å²) in [4.78, 5) is 0. The Morgan fingerprint density at radius 1 is 0.508 bits per heavy atom. The number of nitrogens with one attached hydrogen (secondary N) is 1. The molecule has 0 atom stereocenters. The molecule has 4 nitrogen and oxygen atoms in total. The molecule has 1 radical (unpaired) electrons. The number of aromatic nitrogens is 1. The number of hydrogen-bond donors (Lipinski definition) is 1. The third kappa shape index (κ3) is 5.03. The predicted octanol–water partition coefficient (Wildman–Crippen LogP) is 15.5. The van der Waals surface area contributed by atoms with Gasteiger partial charge in [0, 0.05) is 80.6 Å². The minimum atomic E-state index is 0.877. The molecule has 0 amide bonds. The first kappa shape index (κ1) is 35.4. The molecule has 0 aliphatic carbocycles. The van der Waals surface area contributed by atoms with E-state index in [-0.39, 0.29) is 0 Å². The van der Waals surface area contributed by atoms with Crippen molar-refractivity contribution in [3.05, 3.63) is 188 Å². The van der Waals surface area contributed by atoms with E-state index in [1.54, 1.807) is 0 Å². The van der Waals surface area contributed by atoms with Crippen molar-refractivity contribution in [3.8, 4) is 27.9 Å². The van der Waals surface area contributed by atoms with Crippen molar-refractivity contribution >= 4 is 138 Å². The molecule has 65 heavy (non-hydrogen) atoms. The first-order valence-electron chi connectivity index (χ1n) is 22.1. The second-order valence-electron chi connectivity index (χ2n) is 17.6. The molecule has 14 aromatic rings. The van der Waals surface area contributed by atoms with Crippen molar-refractivity contribution < 1.29 is 8.83 Å². The van der Waals surface area contributed by atoms with Gasteiger partial charge in [-0.1, -0.05) is 108 Å². The van der Waals surface area contributed by atoms with E-state index in [1.807, 2.05) is 23.5 Å². The lowest BCUT2D eigenvalue weighted by atomic mass is 9.58. The van der Waals surface area contributed by atoms with E-state index in [2.05, 4.69) is 194 Å². The minimum absolute atomic E-state index is 0.877. The van der Waals surface area contributed by atoms with Crippen molar-refractivity contribution in [2.45, 2.75) is 6.92 Å². The summed E-state index contributed by atoms with van der Waals surface area (Å²) in [5.74, 6) is 0. The average Bonchev–Trinajstić information content (AvgIpc) is 4.10. The van der Waals surface area contributed by atoms with Crippen LogP contribution in [0, 0.1) is 6.92 Å². The van der Waals surface area contributed by atoms with Crippen LogP contribution in [0.5, 0.6) is 0 Å². The average molecular weight is 846 g/mol. The van der Waals surface area contributed by atoms with Gasteiger partial charge in [-0.2, -0.15) is 0 Å². The number of aryl methyl sites for hydroxylation is 1. The maximum absolute atomic E-state index is 6.62. The van der Waals surface area contributed by atoms with E-state index < -0.39 is 0 Å². The van der Waals surface area contributed by atoms with Crippen LogP contribution in [0.1, 0.15) is 5.56 Å². The van der Waals surface area contributed by atoms with E-state index >= 15 is 0 Å². The van der Waals surface area contributed by atoms with Gasteiger partial charge in [0.15, 0.2) is 7.28 Å². The summed E-state index contributed by atoms with van der Waals surface area (Å²) in [6.45, 7) is 2.14. The van der Waals surface area contributed by atoms with E-state index in [4.69, 9.17) is 8.83 Å². The van der Waals surface area contributed by atoms with Gasteiger partial charge in [-0.05, 0) is 125 Å². The SMILES string of the molecule is Cc1ccc(Nc2ccc3sc4ccccc4c3c2-c2cc(-c3ccc4c(c3)oc3ccccc34)c3c4cc5ccccc5cc4n4c3c2[B]c2cc3oc5ccccc5c3cc2-4)cc1. The zero-order chi connectivity index (χ0) is 42.5. The Labute approximate surface area is 376 Å². The van der Waals surface area contributed by atoms with Gasteiger partial charge in [0.25, 0.3) is 0 Å². The van der Waals surface area contributed by atoms with E-state index in [0.29, 0.717) is 0 Å². The number of furan rings is 2. The zero-order valence-corrected chi connectivity index (χ0v) is 35.9. The maximum atomic E-state index is 6.62. The Balaban J connectivity index is 1.14. The van der Waals surface area contributed by atoms with Crippen LogP contribution >= 0.6 is 11.3 Å². The Morgan fingerprint density at radius 3 is 2.02 bits per heavy atom. The van der Waals surface area contributed by atoms with Gasteiger partial charge < -0.3 is 18.7 Å². The van der Waals surface area contributed by atoms with Gasteiger partial charge in [-0.3, -0.25) is 0 Å². The van der Waals surface area contributed by atoms with Crippen LogP contribution in [0.2, 0.25) is 0 Å². The first-order valence-corrected chi connectivity index (χ1v) is 23.0. The topological polar surface area (TPSA) is 43.2 Å². The minimum Gasteiger partial charge on any atom is -0.456 e. The highest BCUT2D eigenvalue weighted by molar-refractivity contribution is 7.26. The molecule has 301 valence electrons. The van der Waals surface area contributed by atoms with Crippen LogP contribution in [0.3, 0.4) is 0 Å². The fourth-order valence-corrected chi connectivity index (χ4v) is 12.0. The molecular formula is C59H34BN2O2S. The van der Waals surface area contributed by atoms with Gasteiger partial charge in [0.2, 0.25) is 0 Å². The zero-order valence-electron chi connectivity index (χ0n) is 35.1. The van der Waals surface area contributed by atoms with Crippen molar-refractivity contribution in [2.24, 2.45) is 0 Å². The molecule has 0 unspecified atom stereocenters. The van der Waals surface area contributed by atoms with E-state index in [1.165, 1.54) is 69.3 Å². The van der Waals surface area contributed by atoms with Gasteiger partial charge in [0.1, 0.15) is 22.3 Å². The van der Waals surface area contributed by atoms with Crippen molar-refractivity contribution in [3.63, 3.8) is 0 Å². The quantitative estimate of drug-likeness (QED) is 0.180. The fraction of sp³-hybridized carbons (Fsp3) is 0.0169. The second-order valence-corrected chi connectivity index (χ2v) is 18.7. The summed E-state index contributed by atoms with van der Waals surface area (Å²) >= 11 is 1.85. The number of fused-ring (bicyclic) bond motifs is 15. The van der Waals surface area contributed by atoms with Crippen LogP contribution < -0.4 is 16.2 Å². The molecular weight excluding hydrogens is 812 g/mol. The molecule has 10 aromatic carbocycles. The number of nitrogens with zero attached hydrogens (tertiary/aromatic N) is 1. The third-order valence-electron chi connectivity index (χ3n) is 13.8. The van der Waals surface area contributed by atoms with Crippen LogP contribution in [0.4, 0.5) is 11.4 Å². The van der Waals surface area contributed by atoms with Crippen LogP contribution in [0.15, 0.2) is 191 Å². The molecule has 1 aliphatic rings. The van der Waals surface area contributed by atoms with Crippen molar-refractivity contribution in [2.75, 3.05) is 5.32 Å². The largest absolute Gasteiger partial charge is 0.456 e. The molecule has 0 saturated carbocycles. The smallest absolute Gasteiger partial charge is 0.198 e. The molecule has 1 aliphatic heterocycles. The van der Waals surface area contributed by atoms with Gasteiger partial charge in [-0.25, -0.2) is 0 Å². The van der Waals surface area contributed by atoms with E-state index in [9.17, 15) is 0 Å². The first-order chi connectivity index (χ1) is 32.1. The van der Waals surface area contributed by atoms with Crippen molar-refractivity contribution in [1.82, 2.24) is 4.57 Å². The van der Waals surface area contributed by atoms with Crippen LogP contribution in [-0.4, -0.2) is 11.8 Å². The lowest BCUT2D eigenvalue weighted by Gasteiger charge is -2.25. The number of hydrogen-bond acceptors (Lipinski definition) is 4. The Morgan fingerprint density at radius 2 is 1.20 bits per heavy atom. The van der Waals surface area contributed by atoms with E-state index in [0.717, 1.165) is 83.1 Å². The highest BCUT2D eigenvalue weighted by Crippen LogP contribution is 2.49. The van der Waals surface area contributed by atoms with Gasteiger partial charge >= 0.3 is 0 Å². The summed E-state index contributed by atoms with van der Waals surface area (Å²) < 4.78 is 18.3. The Kier molecular flexibility index (Phi) is 7.09. The Bertz CT molecular complexity index is 4380. The third-order valence-corrected chi connectivity index (χ3v) is 15.0. The Hall–Kier alpha value is -8.06. The maximum Gasteiger partial charge on any atom is 0.198 e. The molecule has 5 heterocycles. The lowest BCUT2D eigenvalue weighted by molar-refractivity contribution is 0.669. The molecule has 0 fully saturated rings. The summed E-state index contributed by atoms with van der Waals surface area (Å²) in [6, 6.07) is 66.3. The van der Waals surface area contributed by atoms with Gasteiger partial charge in [0.05, 0.1) is 5.52 Å². The number of thiophene rings is 1. The fourth-order valence-electron chi connectivity index (χ4n) is 10.9. The number of para-hydroxylation sites is 2. The second kappa shape index (κ2) is 13.0. The number of benzene rings is 10. The molecule has 0 bridgehead atoms. The molecule has 6 heteroatoms. The molecule has 1 N–H and O–H groups in total. The molecule has 0 spiro atoms. The number of anilines is 2. The number of rotatable bonds is 4. The van der Waals surface area contributed by atoms with Crippen LogP contribution in [-0.2, 0) is 0 Å².